The predicted molar refractivity (Wildman–Crippen MR) is 80.5 cm³/mol. The van der Waals surface area contributed by atoms with Crippen molar-refractivity contribution in [1.29, 1.82) is 0 Å². The van der Waals surface area contributed by atoms with Crippen molar-refractivity contribution in [2.45, 2.75) is 62.9 Å². The first kappa shape index (κ1) is 14.8. The molecule has 2 atom stereocenters. The van der Waals surface area contributed by atoms with Gasteiger partial charge in [-0.15, -0.1) is 0 Å². The van der Waals surface area contributed by atoms with E-state index in [0.717, 1.165) is 45.1 Å². The molecule has 23 heavy (non-hydrogen) atoms. The number of hydrogen-bond acceptors (Lipinski definition) is 6. The molecule has 0 bridgehead atoms. The zero-order valence-electron chi connectivity index (χ0n) is 13.4. The van der Waals surface area contributed by atoms with Crippen LogP contribution >= 0.6 is 0 Å². The highest BCUT2D eigenvalue weighted by atomic mass is 16.5. The van der Waals surface area contributed by atoms with Gasteiger partial charge in [-0.1, -0.05) is 5.16 Å². The van der Waals surface area contributed by atoms with E-state index in [1.165, 1.54) is 0 Å². The second-order valence-corrected chi connectivity index (χ2v) is 6.45. The third kappa shape index (κ3) is 2.79. The summed E-state index contributed by atoms with van der Waals surface area (Å²) in [6.45, 7) is 0.805. The van der Waals surface area contributed by atoms with Crippen molar-refractivity contribution in [3.8, 4) is 0 Å². The lowest BCUT2D eigenvalue weighted by molar-refractivity contribution is -0.0178. The Morgan fingerprint density at radius 2 is 2.22 bits per heavy atom. The van der Waals surface area contributed by atoms with Crippen LogP contribution in [0.1, 0.15) is 56.3 Å². The van der Waals surface area contributed by atoms with Crippen molar-refractivity contribution in [3.63, 3.8) is 0 Å². The fourth-order valence-corrected chi connectivity index (χ4v) is 3.67. The molecule has 1 aliphatic heterocycles. The van der Waals surface area contributed by atoms with Gasteiger partial charge in [0.15, 0.2) is 0 Å². The molecule has 1 saturated carbocycles. The highest BCUT2D eigenvalue weighted by Gasteiger charge is 2.41. The van der Waals surface area contributed by atoms with E-state index >= 15 is 0 Å². The van der Waals surface area contributed by atoms with E-state index in [0.29, 0.717) is 11.7 Å². The molecule has 124 valence electrons. The first-order chi connectivity index (χ1) is 11.3. The van der Waals surface area contributed by atoms with Crippen LogP contribution in [0, 0.1) is 0 Å². The number of nitrogens with zero attached hydrogens (tertiary/aromatic N) is 4. The van der Waals surface area contributed by atoms with Crippen LogP contribution < -0.4 is 0 Å². The molecule has 7 nitrogen and oxygen atoms in total. The quantitative estimate of drug-likeness (QED) is 0.843. The SMILES string of the molecule is COC1(c2noc([C@@H]3CC[C@H](Cn4ccnc4)O3)n2)CCCC1. The van der Waals surface area contributed by atoms with Gasteiger partial charge < -0.3 is 18.6 Å². The van der Waals surface area contributed by atoms with Gasteiger partial charge in [-0.25, -0.2) is 4.98 Å². The van der Waals surface area contributed by atoms with Crippen LogP contribution in [0.4, 0.5) is 0 Å². The Labute approximate surface area is 135 Å². The minimum atomic E-state index is -0.365. The number of aromatic nitrogens is 4. The predicted octanol–water partition coefficient (Wildman–Crippen LogP) is 2.60. The number of rotatable bonds is 5. The van der Waals surface area contributed by atoms with Gasteiger partial charge in [-0.3, -0.25) is 0 Å². The summed E-state index contributed by atoms with van der Waals surface area (Å²) >= 11 is 0. The van der Waals surface area contributed by atoms with Gasteiger partial charge in [-0.05, 0) is 38.5 Å². The van der Waals surface area contributed by atoms with Gasteiger partial charge in [-0.2, -0.15) is 4.98 Å². The lowest BCUT2D eigenvalue weighted by Gasteiger charge is -2.22. The van der Waals surface area contributed by atoms with E-state index in [2.05, 4.69) is 15.1 Å². The molecular weight excluding hydrogens is 296 g/mol. The van der Waals surface area contributed by atoms with Crippen LogP contribution in [0.15, 0.2) is 23.2 Å². The summed E-state index contributed by atoms with van der Waals surface area (Å²) in [6.07, 6.45) is 11.7. The fourth-order valence-electron chi connectivity index (χ4n) is 3.67. The zero-order chi connectivity index (χ0) is 15.7. The number of ether oxygens (including phenoxy) is 2. The molecule has 2 fully saturated rings. The minimum Gasteiger partial charge on any atom is -0.370 e. The third-order valence-corrected chi connectivity index (χ3v) is 5.01. The molecule has 7 heteroatoms. The maximum absolute atomic E-state index is 6.08. The van der Waals surface area contributed by atoms with Gasteiger partial charge in [0.1, 0.15) is 11.7 Å². The van der Waals surface area contributed by atoms with Crippen LogP contribution in [0.5, 0.6) is 0 Å². The molecule has 0 unspecified atom stereocenters. The maximum atomic E-state index is 6.08. The summed E-state index contributed by atoms with van der Waals surface area (Å²) in [6, 6.07) is 0. The van der Waals surface area contributed by atoms with Gasteiger partial charge in [0.05, 0.1) is 12.4 Å². The molecule has 1 saturated heterocycles. The smallest absolute Gasteiger partial charge is 0.255 e. The van der Waals surface area contributed by atoms with Gasteiger partial charge in [0.25, 0.3) is 5.89 Å². The van der Waals surface area contributed by atoms with Crippen LogP contribution in [0.2, 0.25) is 0 Å². The number of hydrogen-bond donors (Lipinski definition) is 0. The van der Waals surface area contributed by atoms with Gasteiger partial charge in [0, 0.05) is 26.0 Å². The molecule has 0 aromatic carbocycles. The van der Waals surface area contributed by atoms with E-state index in [1.54, 1.807) is 13.3 Å². The monoisotopic (exact) mass is 318 g/mol. The molecule has 1 aliphatic carbocycles. The largest absolute Gasteiger partial charge is 0.370 e. The Hall–Kier alpha value is -1.73. The average Bonchev–Trinajstić information content (AvgIpc) is 3.34. The first-order valence-corrected chi connectivity index (χ1v) is 8.29. The second kappa shape index (κ2) is 6.05. The van der Waals surface area contributed by atoms with Gasteiger partial charge in [0.2, 0.25) is 5.82 Å². The molecule has 0 spiro atoms. The topological polar surface area (TPSA) is 75.2 Å². The normalized spacial score (nSPS) is 26.8. The summed E-state index contributed by atoms with van der Waals surface area (Å²) < 4.78 is 19.3. The van der Waals surface area contributed by atoms with Crippen LogP contribution in [-0.2, 0) is 21.6 Å². The van der Waals surface area contributed by atoms with E-state index in [9.17, 15) is 0 Å². The van der Waals surface area contributed by atoms with E-state index in [1.807, 2.05) is 17.1 Å². The van der Waals surface area contributed by atoms with Gasteiger partial charge >= 0.3 is 0 Å². The molecule has 2 aromatic rings. The Bertz CT molecular complexity index is 634. The van der Waals surface area contributed by atoms with E-state index in [4.69, 9.17) is 14.0 Å². The summed E-state index contributed by atoms with van der Waals surface area (Å²) in [7, 11) is 1.73. The van der Waals surface area contributed by atoms with Crippen LogP contribution in [0.25, 0.3) is 0 Å². The fraction of sp³-hybridized carbons (Fsp3) is 0.688. The van der Waals surface area contributed by atoms with E-state index < -0.39 is 0 Å². The van der Waals surface area contributed by atoms with Crippen molar-refractivity contribution in [3.05, 3.63) is 30.4 Å². The second-order valence-electron chi connectivity index (χ2n) is 6.45. The molecule has 2 aliphatic rings. The zero-order valence-corrected chi connectivity index (χ0v) is 13.4. The Balaban J connectivity index is 1.43. The third-order valence-electron chi connectivity index (χ3n) is 5.01. The first-order valence-electron chi connectivity index (χ1n) is 8.29. The van der Waals surface area contributed by atoms with E-state index in [-0.39, 0.29) is 17.8 Å². The summed E-state index contributed by atoms with van der Waals surface area (Å²) in [5.41, 5.74) is -0.365. The summed E-state index contributed by atoms with van der Waals surface area (Å²) in [5.74, 6) is 1.26. The number of methoxy groups -OCH3 is 1. The standard InChI is InChI=1S/C16H22N4O3/c1-21-16(6-2-3-7-16)15-18-14(23-19-15)13-5-4-12(22-13)10-20-9-8-17-11-20/h8-9,11-13H,2-7,10H2,1H3/t12-,13+/m1/s1. The van der Waals surface area contributed by atoms with Crippen molar-refractivity contribution >= 4 is 0 Å². The molecule has 0 N–H and O–H groups in total. The summed E-state index contributed by atoms with van der Waals surface area (Å²) in [5, 5.41) is 4.18. The molecule has 0 radical (unpaired) electrons. The highest BCUT2D eigenvalue weighted by Crippen LogP contribution is 2.41. The number of imidazole rings is 1. The van der Waals surface area contributed by atoms with Crippen LogP contribution in [0.3, 0.4) is 0 Å². The molecule has 3 heterocycles. The van der Waals surface area contributed by atoms with Crippen molar-refractivity contribution in [2.24, 2.45) is 0 Å². The van der Waals surface area contributed by atoms with Crippen molar-refractivity contribution in [2.75, 3.05) is 7.11 Å². The molecule has 0 amide bonds. The molecule has 4 rings (SSSR count). The average molecular weight is 318 g/mol. The minimum absolute atomic E-state index is 0.111. The lowest BCUT2D eigenvalue weighted by Crippen LogP contribution is -2.26. The van der Waals surface area contributed by atoms with Crippen LogP contribution in [-0.4, -0.2) is 32.9 Å². The lowest BCUT2D eigenvalue weighted by atomic mass is 10.0. The Morgan fingerprint density at radius 1 is 1.35 bits per heavy atom. The highest BCUT2D eigenvalue weighted by molar-refractivity contribution is 5.06. The Morgan fingerprint density at radius 3 is 2.96 bits per heavy atom. The molecular formula is C16H22N4O3. The molecule has 2 aromatic heterocycles. The van der Waals surface area contributed by atoms with Crippen molar-refractivity contribution < 1.29 is 14.0 Å². The maximum Gasteiger partial charge on any atom is 0.255 e. The summed E-state index contributed by atoms with van der Waals surface area (Å²) in [4.78, 5) is 8.66. The Kier molecular flexibility index (Phi) is 3.90. The van der Waals surface area contributed by atoms with Crippen molar-refractivity contribution in [1.82, 2.24) is 19.7 Å².